The fraction of sp³-hybridized carbons (Fsp3) is 0.407. The van der Waals surface area contributed by atoms with Crippen LogP contribution in [0.5, 0.6) is 0 Å². The van der Waals surface area contributed by atoms with E-state index in [-0.39, 0.29) is 11.2 Å². The van der Waals surface area contributed by atoms with Gasteiger partial charge in [0.2, 0.25) is 0 Å². The molecular weight excluding hydrogens is 418 g/mol. The molecule has 1 saturated heterocycles. The Hall–Kier alpha value is -2.61. The van der Waals surface area contributed by atoms with E-state index in [1.165, 1.54) is 0 Å². The third-order valence-corrected chi connectivity index (χ3v) is 7.85. The van der Waals surface area contributed by atoms with Crippen molar-refractivity contribution in [1.82, 2.24) is 4.90 Å². The molecule has 2 aromatic carbocycles. The molecule has 164 valence electrons. The van der Waals surface area contributed by atoms with Crippen LogP contribution < -0.4 is 4.90 Å². The molecule has 2 aromatic rings. The van der Waals surface area contributed by atoms with Crippen molar-refractivity contribution in [3.8, 4) is 6.07 Å². The van der Waals surface area contributed by atoms with Crippen molar-refractivity contribution in [3.63, 3.8) is 0 Å². The van der Waals surface area contributed by atoms with E-state index in [2.05, 4.69) is 49.6 Å². The zero-order valence-electron chi connectivity index (χ0n) is 19.1. The summed E-state index contributed by atoms with van der Waals surface area (Å²) in [5.74, 6) is 0.0517. The van der Waals surface area contributed by atoms with Gasteiger partial charge in [-0.2, -0.15) is 5.26 Å². The maximum absolute atomic E-state index is 13.7. The summed E-state index contributed by atoms with van der Waals surface area (Å²) in [5, 5.41) is 9.95. The van der Waals surface area contributed by atoms with Crippen molar-refractivity contribution >= 4 is 28.6 Å². The number of Topliss-reactive ketones (excluding diaryl/α,β-unsaturated/α-hetero) is 1. The number of nitrogens with zero attached hydrogens (tertiary/aromatic N) is 3. The van der Waals surface area contributed by atoms with Gasteiger partial charge in [0.25, 0.3) is 0 Å². The number of hydrogen-bond acceptors (Lipinski definition) is 4. The van der Waals surface area contributed by atoms with E-state index < -0.39 is 0 Å². The summed E-state index contributed by atoms with van der Waals surface area (Å²) in [5.41, 5.74) is 7.13. The van der Waals surface area contributed by atoms with Crippen LogP contribution in [-0.4, -0.2) is 42.9 Å². The highest BCUT2D eigenvalue weighted by molar-refractivity contribution is 6.36. The molecule has 1 heterocycles. The number of piperazine rings is 1. The van der Waals surface area contributed by atoms with Gasteiger partial charge in [0, 0.05) is 48.8 Å². The zero-order valence-corrected chi connectivity index (χ0v) is 19.9. The Balaban J connectivity index is 1.55. The Morgan fingerprint density at radius 3 is 2.44 bits per heavy atom. The van der Waals surface area contributed by atoms with Gasteiger partial charge in [0.15, 0.2) is 5.78 Å². The van der Waals surface area contributed by atoms with Crippen LogP contribution in [-0.2, 0) is 11.8 Å². The van der Waals surface area contributed by atoms with Crippen LogP contribution >= 0.6 is 11.6 Å². The van der Waals surface area contributed by atoms with E-state index >= 15 is 0 Å². The number of anilines is 1. The van der Waals surface area contributed by atoms with E-state index in [0.29, 0.717) is 28.6 Å². The van der Waals surface area contributed by atoms with Crippen LogP contribution in [0.15, 0.2) is 35.9 Å². The smallest absolute Gasteiger partial charge is 0.194 e. The Morgan fingerprint density at radius 1 is 1.06 bits per heavy atom. The van der Waals surface area contributed by atoms with Crippen molar-refractivity contribution in [2.75, 3.05) is 31.1 Å². The number of ketones is 1. The molecule has 0 bridgehead atoms. The Bertz CT molecular complexity index is 1210. The van der Waals surface area contributed by atoms with E-state index in [0.717, 1.165) is 59.7 Å². The molecule has 0 N–H and O–H groups in total. The molecule has 32 heavy (non-hydrogen) atoms. The first-order valence-electron chi connectivity index (χ1n) is 11.4. The number of nitriles is 1. The molecular formula is C27H28ClN3O. The number of carbonyl (C=O) groups excluding carboxylic acids is 1. The first-order valence-corrected chi connectivity index (χ1v) is 11.7. The first kappa shape index (κ1) is 21.2. The van der Waals surface area contributed by atoms with Crippen LogP contribution in [0.2, 0.25) is 5.02 Å². The minimum absolute atomic E-state index is 0.0517. The first-order chi connectivity index (χ1) is 15.2. The lowest BCUT2D eigenvalue weighted by Crippen LogP contribution is -2.49. The maximum atomic E-state index is 13.7. The molecule has 3 aliphatic rings. The quantitative estimate of drug-likeness (QED) is 0.635. The fourth-order valence-corrected chi connectivity index (χ4v) is 5.86. The van der Waals surface area contributed by atoms with Crippen LogP contribution in [0.4, 0.5) is 5.69 Å². The highest BCUT2D eigenvalue weighted by atomic mass is 35.5. The average Bonchev–Trinajstić information content (AvgIpc) is 3.17. The summed E-state index contributed by atoms with van der Waals surface area (Å²) in [6, 6.07) is 12.5. The second kappa shape index (κ2) is 7.47. The van der Waals surface area contributed by atoms with Gasteiger partial charge >= 0.3 is 0 Å². The normalized spacial score (nSPS) is 19.7. The summed E-state index contributed by atoms with van der Waals surface area (Å²) in [6.45, 7) is 12.8. The number of rotatable bonds is 2. The topological polar surface area (TPSA) is 47.3 Å². The second-order valence-electron chi connectivity index (χ2n) is 9.93. The summed E-state index contributed by atoms with van der Waals surface area (Å²) in [4.78, 5) is 18.5. The largest absolute Gasteiger partial charge is 0.368 e. The van der Waals surface area contributed by atoms with E-state index in [1.807, 2.05) is 18.2 Å². The monoisotopic (exact) mass is 445 g/mol. The van der Waals surface area contributed by atoms with Crippen molar-refractivity contribution in [3.05, 3.63) is 68.7 Å². The highest BCUT2D eigenvalue weighted by Gasteiger charge is 2.43. The number of benzene rings is 2. The molecule has 0 aromatic heterocycles. The molecule has 0 atom stereocenters. The number of fused-ring (bicyclic) bond motifs is 3. The van der Waals surface area contributed by atoms with Gasteiger partial charge < -0.3 is 4.90 Å². The van der Waals surface area contributed by atoms with E-state index in [1.54, 1.807) is 6.07 Å². The second-order valence-corrected chi connectivity index (χ2v) is 10.3. The third kappa shape index (κ3) is 3.10. The summed E-state index contributed by atoms with van der Waals surface area (Å²) in [7, 11) is 0. The molecule has 1 aliphatic heterocycles. The lowest BCUT2D eigenvalue weighted by Gasteiger charge is -2.40. The molecule has 0 radical (unpaired) electrons. The van der Waals surface area contributed by atoms with Gasteiger partial charge in [-0.25, -0.2) is 0 Å². The molecule has 0 spiro atoms. The molecule has 5 heteroatoms. The minimum atomic E-state index is -0.288. The van der Waals surface area contributed by atoms with Crippen molar-refractivity contribution in [1.29, 1.82) is 5.26 Å². The van der Waals surface area contributed by atoms with Gasteiger partial charge in [-0.05, 0) is 66.8 Å². The van der Waals surface area contributed by atoms with Gasteiger partial charge in [0.1, 0.15) is 0 Å². The Labute approximate surface area is 195 Å². The molecule has 5 rings (SSSR count). The number of allylic oxidation sites excluding steroid dienone is 2. The third-order valence-electron chi connectivity index (χ3n) is 7.54. The maximum Gasteiger partial charge on any atom is 0.194 e. The minimum Gasteiger partial charge on any atom is -0.368 e. The van der Waals surface area contributed by atoms with Crippen molar-refractivity contribution in [2.45, 2.75) is 45.6 Å². The van der Waals surface area contributed by atoms with Crippen LogP contribution in [0.25, 0.3) is 5.57 Å². The van der Waals surface area contributed by atoms with Gasteiger partial charge in [-0.3, -0.25) is 9.69 Å². The predicted molar refractivity (Wildman–Crippen MR) is 130 cm³/mol. The predicted octanol–water partition coefficient (Wildman–Crippen LogP) is 5.23. The van der Waals surface area contributed by atoms with Crippen LogP contribution in [0, 0.1) is 11.3 Å². The summed E-state index contributed by atoms with van der Waals surface area (Å²) in [6.07, 6.45) is 0.712. The van der Waals surface area contributed by atoms with E-state index in [9.17, 15) is 10.1 Å². The number of carbonyl (C=O) groups is 1. The molecule has 0 unspecified atom stereocenters. The summed E-state index contributed by atoms with van der Waals surface area (Å²) < 4.78 is 0. The molecule has 2 aliphatic carbocycles. The number of hydrogen-bond donors (Lipinski definition) is 0. The Morgan fingerprint density at radius 2 is 1.78 bits per heavy atom. The molecule has 4 nitrogen and oxygen atoms in total. The van der Waals surface area contributed by atoms with Gasteiger partial charge in [-0.1, -0.05) is 31.5 Å². The molecule has 0 saturated carbocycles. The number of halogens is 1. The average molecular weight is 446 g/mol. The molecule has 0 amide bonds. The lowest BCUT2D eigenvalue weighted by molar-refractivity contribution is 0.105. The van der Waals surface area contributed by atoms with Gasteiger partial charge in [0.05, 0.1) is 22.3 Å². The van der Waals surface area contributed by atoms with E-state index in [4.69, 9.17) is 11.6 Å². The lowest BCUT2D eigenvalue weighted by atomic mass is 9.68. The van der Waals surface area contributed by atoms with Crippen molar-refractivity contribution < 1.29 is 4.79 Å². The SMILES string of the molecule is CC(C)N1CCN(c2cc3c(cc2Cl)C(=O)C2=C(Cc4cc(C#N)ccc42)C3(C)C)CC1. The molecule has 1 fully saturated rings. The van der Waals surface area contributed by atoms with Crippen molar-refractivity contribution in [2.24, 2.45) is 0 Å². The van der Waals surface area contributed by atoms with Crippen LogP contribution in [0.1, 0.15) is 60.3 Å². The highest BCUT2D eigenvalue weighted by Crippen LogP contribution is 2.51. The standard InChI is InChI=1S/C27H28ClN3O/c1-16(2)30-7-9-31(10-8-30)24-14-21-20(13-23(24)28)26(32)25-19-6-5-17(15-29)11-18(19)12-22(25)27(21,3)4/h5-6,11,13-14,16H,7-10,12H2,1-4H3. The summed E-state index contributed by atoms with van der Waals surface area (Å²) >= 11 is 6.77. The van der Waals surface area contributed by atoms with Crippen LogP contribution in [0.3, 0.4) is 0 Å². The zero-order chi connectivity index (χ0) is 22.8. The van der Waals surface area contributed by atoms with Gasteiger partial charge in [-0.15, -0.1) is 0 Å². The Kier molecular flexibility index (Phi) is 4.96. The fourth-order valence-electron chi connectivity index (χ4n) is 5.57.